The molecule has 1 saturated carbocycles. The van der Waals surface area contributed by atoms with Gasteiger partial charge in [0.05, 0.1) is 17.5 Å². The molecule has 0 saturated heterocycles. The summed E-state index contributed by atoms with van der Waals surface area (Å²) < 4.78 is 27.1. The van der Waals surface area contributed by atoms with Crippen LogP contribution in [0.1, 0.15) is 59.3 Å². The highest BCUT2D eigenvalue weighted by Crippen LogP contribution is 2.45. The fourth-order valence-electron chi connectivity index (χ4n) is 5.14. The van der Waals surface area contributed by atoms with E-state index in [1.165, 1.54) is 36.4 Å². The summed E-state index contributed by atoms with van der Waals surface area (Å²) in [6.07, 6.45) is 5.33. The second-order valence-electron chi connectivity index (χ2n) is 11.0. The van der Waals surface area contributed by atoms with E-state index in [9.17, 15) is 18.3 Å². The largest absolute Gasteiger partial charge is 0.507 e. The molecule has 2 aromatic carbocycles. The number of nitrogens with one attached hydrogen (secondary N) is 2. The number of aromatic hydroxyl groups is 1. The number of rotatable bonds is 9. The molecule has 1 aliphatic carbocycles. The average molecular weight is 500 g/mol. The number of amides is 1. The van der Waals surface area contributed by atoms with Gasteiger partial charge in [-0.05, 0) is 85.3 Å². The Balaban J connectivity index is 1.65. The molecule has 35 heavy (non-hydrogen) atoms. The zero-order valence-electron chi connectivity index (χ0n) is 21.4. The number of hydrogen-bond donors (Lipinski definition) is 3. The zero-order chi connectivity index (χ0) is 25.5. The Morgan fingerprint density at radius 1 is 1.17 bits per heavy atom. The third kappa shape index (κ3) is 5.74. The summed E-state index contributed by atoms with van der Waals surface area (Å²) in [5.41, 5.74) is 6.23. The monoisotopic (exact) mass is 499 g/mol. The number of phenolic OH excluding ortho intramolecular Hbond substituents is 1. The van der Waals surface area contributed by atoms with Crippen molar-refractivity contribution in [3.63, 3.8) is 0 Å². The van der Waals surface area contributed by atoms with Crippen molar-refractivity contribution in [3.05, 3.63) is 52.1 Å². The van der Waals surface area contributed by atoms with E-state index in [1.54, 1.807) is 18.2 Å². The van der Waals surface area contributed by atoms with Crippen LogP contribution in [0.5, 0.6) is 5.75 Å². The van der Waals surface area contributed by atoms with Gasteiger partial charge in [0.25, 0.3) is 5.91 Å². The lowest BCUT2D eigenvalue weighted by Crippen LogP contribution is -2.36. The van der Waals surface area contributed by atoms with E-state index in [0.717, 1.165) is 42.1 Å². The van der Waals surface area contributed by atoms with Gasteiger partial charge in [0.15, 0.2) is 0 Å². The van der Waals surface area contributed by atoms with E-state index in [4.69, 9.17) is 0 Å². The van der Waals surface area contributed by atoms with Crippen LogP contribution < -0.4 is 14.9 Å². The van der Waals surface area contributed by atoms with Gasteiger partial charge in [-0.15, -0.1) is 0 Å². The van der Waals surface area contributed by atoms with Gasteiger partial charge in [0.2, 0.25) is 10.0 Å². The number of carbonyl (C=O) groups is 1. The van der Waals surface area contributed by atoms with Crippen LogP contribution in [0.2, 0.25) is 0 Å². The summed E-state index contributed by atoms with van der Waals surface area (Å²) in [5, 5.41) is 13.0. The lowest BCUT2D eigenvalue weighted by molar-refractivity contribution is 0.0933. The fraction of sp³-hybridized carbons (Fsp3) is 0.519. The lowest BCUT2D eigenvalue weighted by Gasteiger charge is -2.31. The highest BCUT2D eigenvalue weighted by molar-refractivity contribution is 7.92. The number of para-hydroxylation sites is 1. The molecule has 2 aromatic rings. The first-order chi connectivity index (χ1) is 16.4. The molecule has 1 aliphatic heterocycles. The average Bonchev–Trinajstić information content (AvgIpc) is 3.49. The molecule has 0 bridgehead atoms. The SMILES string of the molecule is Cc1c2c(c(CC(C)(C)CNC(=O)c3ccccc3O)c(C)c1NS(C)(=O)=O)N(CC1CC1)CC2. The molecule has 0 radical (unpaired) electrons. The number of fused-ring (bicyclic) bond motifs is 1. The van der Waals surface area contributed by atoms with Crippen molar-refractivity contribution >= 4 is 27.3 Å². The van der Waals surface area contributed by atoms with E-state index >= 15 is 0 Å². The summed E-state index contributed by atoms with van der Waals surface area (Å²) in [5.74, 6) is 0.396. The first-order valence-corrected chi connectivity index (χ1v) is 14.2. The minimum absolute atomic E-state index is 0.0396. The van der Waals surface area contributed by atoms with Crippen LogP contribution in [0.4, 0.5) is 11.4 Å². The number of hydrogen-bond acceptors (Lipinski definition) is 5. The molecule has 0 atom stereocenters. The summed E-state index contributed by atoms with van der Waals surface area (Å²) in [7, 11) is -3.42. The third-order valence-corrected chi connectivity index (χ3v) is 7.74. The highest BCUT2D eigenvalue weighted by atomic mass is 32.2. The smallest absolute Gasteiger partial charge is 0.255 e. The molecule has 190 valence electrons. The van der Waals surface area contributed by atoms with Gasteiger partial charge >= 0.3 is 0 Å². The molecule has 0 unspecified atom stereocenters. The third-order valence-electron chi connectivity index (χ3n) is 7.17. The van der Waals surface area contributed by atoms with Gasteiger partial charge in [-0.1, -0.05) is 26.0 Å². The summed E-state index contributed by atoms with van der Waals surface area (Å²) in [6, 6.07) is 6.52. The zero-order valence-corrected chi connectivity index (χ0v) is 22.2. The van der Waals surface area contributed by atoms with E-state index in [2.05, 4.69) is 28.8 Å². The Morgan fingerprint density at radius 2 is 1.86 bits per heavy atom. The summed E-state index contributed by atoms with van der Waals surface area (Å²) >= 11 is 0. The maximum atomic E-state index is 12.7. The Bertz CT molecular complexity index is 1250. The van der Waals surface area contributed by atoms with Crippen molar-refractivity contribution < 1.29 is 18.3 Å². The highest BCUT2D eigenvalue weighted by Gasteiger charge is 2.34. The lowest BCUT2D eigenvalue weighted by atomic mass is 9.81. The predicted molar refractivity (Wildman–Crippen MR) is 141 cm³/mol. The van der Waals surface area contributed by atoms with Crippen molar-refractivity contribution in [2.45, 2.75) is 53.4 Å². The van der Waals surface area contributed by atoms with Crippen LogP contribution in [0, 0.1) is 25.2 Å². The van der Waals surface area contributed by atoms with Crippen LogP contribution in [-0.2, 0) is 22.9 Å². The van der Waals surface area contributed by atoms with Gasteiger partial charge in [0.1, 0.15) is 5.75 Å². The molecule has 8 heteroatoms. The van der Waals surface area contributed by atoms with Crippen molar-refractivity contribution in [1.82, 2.24) is 5.32 Å². The van der Waals surface area contributed by atoms with E-state index in [0.29, 0.717) is 18.7 Å². The maximum Gasteiger partial charge on any atom is 0.255 e. The molecule has 1 amide bonds. The molecule has 1 heterocycles. The molecule has 3 N–H and O–H groups in total. The Hall–Kier alpha value is -2.74. The number of carbonyl (C=O) groups excluding carboxylic acids is 1. The van der Waals surface area contributed by atoms with Crippen LogP contribution in [0.25, 0.3) is 0 Å². The molecule has 1 fully saturated rings. The van der Waals surface area contributed by atoms with E-state index < -0.39 is 10.0 Å². The Kier molecular flexibility index (Phi) is 6.79. The molecule has 0 spiro atoms. The van der Waals surface area contributed by atoms with Gasteiger partial charge in [0, 0.05) is 25.3 Å². The van der Waals surface area contributed by atoms with Gasteiger partial charge < -0.3 is 15.3 Å². The van der Waals surface area contributed by atoms with Crippen molar-refractivity contribution in [1.29, 1.82) is 0 Å². The van der Waals surface area contributed by atoms with E-state index in [1.807, 2.05) is 13.8 Å². The molecular weight excluding hydrogens is 462 g/mol. The molecule has 4 rings (SSSR count). The van der Waals surface area contributed by atoms with Crippen LogP contribution in [-0.4, -0.2) is 45.3 Å². The second kappa shape index (κ2) is 9.37. The first-order valence-electron chi connectivity index (χ1n) is 12.3. The Labute approximate surface area is 209 Å². The topological polar surface area (TPSA) is 98.7 Å². The minimum atomic E-state index is -3.42. The minimum Gasteiger partial charge on any atom is -0.507 e. The van der Waals surface area contributed by atoms with Gasteiger partial charge in [-0.3, -0.25) is 9.52 Å². The number of sulfonamides is 1. The molecular formula is C27H37N3O4S. The quantitative estimate of drug-likeness (QED) is 0.481. The standard InChI is InChI=1S/C27H37N3O4S/c1-17-20-12-13-30(15-19-10-11-19)25(20)22(18(2)24(17)29-35(5,33)34)14-27(3,4)16-28-26(32)21-8-6-7-9-23(21)31/h6-9,19,29,31H,10-16H2,1-5H3,(H,28,32). The number of benzene rings is 2. The van der Waals surface area contributed by atoms with Crippen molar-refractivity contribution in [3.8, 4) is 5.75 Å². The second-order valence-corrected chi connectivity index (χ2v) is 12.7. The number of nitrogens with zero attached hydrogens (tertiary/aromatic N) is 1. The molecule has 0 aromatic heterocycles. The molecule has 2 aliphatic rings. The normalized spacial score (nSPS) is 15.7. The number of phenols is 1. The van der Waals surface area contributed by atoms with Crippen LogP contribution in [0.15, 0.2) is 24.3 Å². The first kappa shape index (κ1) is 25.4. The summed E-state index contributed by atoms with van der Waals surface area (Å²) in [4.78, 5) is 15.2. The fourth-order valence-corrected chi connectivity index (χ4v) is 5.81. The van der Waals surface area contributed by atoms with Gasteiger partial charge in [-0.25, -0.2) is 8.42 Å². The van der Waals surface area contributed by atoms with Crippen molar-refractivity contribution in [2.24, 2.45) is 11.3 Å². The van der Waals surface area contributed by atoms with Crippen LogP contribution >= 0.6 is 0 Å². The Morgan fingerprint density at radius 3 is 2.49 bits per heavy atom. The predicted octanol–water partition coefficient (Wildman–Crippen LogP) is 4.15. The van der Waals surface area contributed by atoms with Crippen LogP contribution in [0.3, 0.4) is 0 Å². The number of anilines is 2. The van der Waals surface area contributed by atoms with E-state index in [-0.39, 0.29) is 22.6 Å². The summed E-state index contributed by atoms with van der Waals surface area (Å²) in [6.45, 7) is 10.6. The van der Waals surface area contributed by atoms with Gasteiger partial charge in [-0.2, -0.15) is 0 Å². The maximum absolute atomic E-state index is 12.7. The molecule has 7 nitrogen and oxygen atoms in total. The van der Waals surface area contributed by atoms with Crippen molar-refractivity contribution in [2.75, 3.05) is 35.5 Å².